The van der Waals surface area contributed by atoms with E-state index in [4.69, 9.17) is 24.2 Å². The van der Waals surface area contributed by atoms with Crippen LogP contribution in [0, 0.1) is 0 Å². The average molecular weight is 306 g/mol. The van der Waals surface area contributed by atoms with Crippen molar-refractivity contribution >= 4 is 22.1 Å². The highest BCUT2D eigenvalue weighted by Crippen LogP contribution is 2.28. The topological polar surface area (TPSA) is 147 Å². The summed E-state index contributed by atoms with van der Waals surface area (Å²) in [4.78, 5) is 20.1. The zero-order valence-corrected chi connectivity index (χ0v) is 10.7. The summed E-state index contributed by atoms with van der Waals surface area (Å²) in [5.74, 6) is -3.13. The summed E-state index contributed by atoms with van der Waals surface area (Å²) in [7, 11) is -4.62. The number of ether oxygens (including phenoxy) is 2. The molecule has 0 aliphatic carbocycles. The molecule has 20 heavy (non-hydrogen) atoms. The van der Waals surface area contributed by atoms with Gasteiger partial charge in [0, 0.05) is 6.07 Å². The Morgan fingerprint density at radius 1 is 1.05 bits per heavy atom. The van der Waals surface area contributed by atoms with Crippen LogP contribution in [-0.4, -0.2) is 48.3 Å². The lowest BCUT2D eigenvalue weighted by atomic mass is 10.3. The minimum atomic E-state index is -4.62. The monoisotopic (exact) mass is 306 g/mol. The Morgan fingerprint density at radius 3 is 2.10 bits per heavy atom. The van der Waals surface area contributed by atoms with Crippen LogP contribution in [0.25, 0.3) is 0 Å². The van der Waals surface area contributed by atoms with Gasteiger partial charge in [-0.1, -0.05) is 0 Å². The number of carboxylic acids is 2. The molecule has 1 rings (SSSR count). The molecule has 3 N–H and O–H groups in total. The smallest absolute Gasteiger partial charge is 0.341 e. The van der Waals surface area contributed by atoms with Gasteiger partial charge in [0.05, 0.1) is 0 Å². The largest absolute Gasteiger partial charge is 0.482 e. The Bertz CT molecular complexity index is 620. The number of benzene rings is 1. The highest BCUT2D eigenvalue weighted by Gasteiger charge is 2.18. The van der Waals surface area contributed by atoms with Crippen LogP contribution in [0.3, 0.4) is 0 Å². The molecular weight excluding hydrogens is 296 g/mol. The molecule has 0 aromatic heterocycles. The quantitative estimate of drug-likeness (QED) is 0.585. The number of aliphatic carboxylic acids is 2. The van der Waals surface area contributed by atoms with Gasteiger partial charge < -0.3 is 19.7 Å². The Hall–Kier alpha value is -2.33. The van der Waals surface area contributed by atoms with Crippen LogP contribution in [0.5, 0.6) is 11.5 Å². The molecule has 0 unspecified atom stereocenters. The SMILES string of the molecule is O=C(O)COc1ccc(S(=O)(=O)O)c(OCC(=O)O)c1. The first kappa shape index (κ1) is 15.7. The summed E-state index contributed by atoms with van der Waals surface area (Å²) < 4.78 is 40.6. The summed E-state index contributed by atoms with van der Waals surface area (Å²) in [5.41, 5.74) is 0. The van der Waals surface area contributed by atoms with Gasteiger partial charge in [-0.2, -0.15) is 8.42 Å². The molecule has 110 valence electrons. The van der Waals surface area contributed by atoms with E-state index in [1.165, 1.54) is 0 Å². The van der Waals surface area contributed by atoms with Gasteiger partial charge in [0.1, 0.15) is 16.4 Å². The van der Waals surface area contributed by atoms with Crippen LogP contribution in [-0.2, 0) is 19.7 Å². The number of carboxylic acid groups (broad SMARTS) is 2. The van der Waals surface area contributed by atoms with E-state index in [1.807, 2.05) is 0 Å². The molecule has 9 nitrogen and oxygen atoms in total. The third-order valence-electron chi connectivity index (χ3n) is 1.91. The summed E-state index contributed by atoms with van der Waals surface area (Å²) in [5, 5.41) is 16.9. The third kappa shape index (κ3) is 4.74. The molecule has 1 aromatic carbocycles. The maximum Gasteiger partial charge on any atom is 0.341 e. The highest BCUT2D eigenvalue weighted by molar-refractivity contribution is 7.86. The van der Waals surface area contributed by atoms with Crippen molar-refractivity contribution in [1.82, 2.24) is 0 Å². The lowest BCUT2D eigenvalue weighted by Crippen LogP contribution is -2.13. The van der Waals surface area contributed by atoms with E-state index in [0.29, 0.717) is 0 Å². The lowest BCUT2D eigenvalue weighted by Gasteiger charge is -2.10. The number of hydrogen-bond acceptors (Lipinski definition) is 6. The fourth-order valence-electron chi connectivity index (χ4n) is 1.19. The van der Waals surface area contributed by atoms with Gasteiger partial charge in [0.15, 0.2) is 13.2 Å². The standard InChI is InChI=1S/C10H10O9S/c11-9(12)4-18-6-1-2-8(20(15,16)17)7(3-6)19-5-10(13)14/h1-3H,4-5H2,(H,11,12)(H,13,14)(H,15,16,17). The first-order valence-corrected chi connectivity index (χ1v) is 6.45. The summed E-state index contributed by atoms with van der Waals surface area (Å²) in [6.07, 6.45) is 0. The van der Waals surface area contributed by atoms with Crippen LogP contribution < -0.4 is 9.47 Å². The summed E-state index contributed by atoms with van der Waals surface area (Å²) >= 11 is 0. The van der Waals surface area contributed by atoms with E-state index in [0.717, 1.165) is 18.2 Å². The molecule has 0 aliphatic heterocycles. The Kier molecular flexibility index (Phi) is 4.88. The Labute approximate surface area is 113 Å². The van der Waals surface area contributed by atoms with Crippen molar-refractivity contribution in [2.24, 2.45) is 0 Å². The van der Waals surface area contributed by atoms with Crippen LogP contribution in [0.4, 0.5) is 0 Å². The molecule has 1 aromatic rings. The van der Waals surface area contributed by atoms with Crippen LogP contribution in [0.15, 0.2) is 23.1 Å². The molecule has 0 aliphatic rings. The average Bonchev–Trinajstić information content (AvgIpc) is 2.32. The minimum absolute atomic E-state index is 0.0554. The van der Waals surface area contributed by atoms with Crippen molar-refractivity contribution in [2.75, 3.05) is 13.2 Å². The van der Waals surface area contributed by atoms with Gasteiger partial charge >= 0.3 is 11.9 Å². The van der Waals surface area contributed by atoms with Crippen molar-refractivity contribution in [2.45, 2.75) is 4.90 Å². The molecule has 0 saturated carbocycles. The van der Waals surface area contributed by atoms with Gasteiger partial charge in [-0.05, 0) is 12.1 Å². The fraction of sp³-hybridized carbons (Fsp3) is 0.200. The number of rotatable bonds is 7. The van der Waals surface area contributed by atoms with E-state index < -0.39 is 45.9 Å². The predicted octanol–water partition coefficient (Wildman–Crippen LogP) is -0.140. The van der Waals surface area contributed by atoms with E-state index in [-0.39, 0.29) is 5.75 Å². The van der Waals surface area contributed by atoms with Crippen molar-refractivity contribution < 1.29 is 42.2 Å². The maximum absolute atomic E-state index is 11.1. The third-order valence-corrected chi connectivity index (χ3v) is 2.80. The van der Waals surface area contributed by atoms with E-state index in [2.05, 4.69) is 0 Å². The predicted molar refractivity (Wildman–Crippen MR) is 62.5 cm³/mol. The lowest BCUT2D eigenvalue weighted by molar-refractivity contribution is -0.140. The second-order valence-electron chi connectivity index (χ2n) is 3.45. The Morgan fingerprint density at radius 2 is 1.60 bits per heavy atom. The van der Waals surface area contributed by atoms with E-state index >= 15 is 0 Å². The van der Waals surface area contributed by atoms with Gasteiger partial charge in [-0.15, -0.1) is 0 Å². The summed E-state index contributed by atoms with van der Waals surface area (Å²) in [6, 6.07) is 2.97. The molecule has 0 radical (unpaired) electrons. The van der Waals surface area contributed by atoms with Crippen molar-refractivity contribution in [3.8, 4) is 11.5 Å². The van der Waals surface area contributed by atoms with Gasteiger partial charge in [-0.3, -0.25) is 4.55 Å². The Balaban J connectivity index is 3.08. The van der Waals surface area contributed by atoms with Gasteiger partial charge in [-0.25, -0.2) is 9.59 Å². The molecule has 0 bridgehead atoms. The van der Waals surface area contributed by atoms with Crippen molar-refractivity contribution in [3.05, 3.63) is 18.2 Å². The molecule has 0 fully saturated rings. The molecule has 0 amide bonds. The summed E-state index contributed by atoms with van der Waals surface area (Å²) in [6.45, 7) is -1.52. The maximum atomic E-state index is 11.1. The van der Waals surface area contributed by atoms with Crippen LogP contribution in [0.1, 0.15) is 0 Å². The van der Waals surface area contributed by atoms with Gasteiger partial charge in [0.2, 0.25) is 0 Å². The minimum Gasteiger partial charge on any atom is -0.482 e. The van der Waals surface area contributed by atoms with E-state index in [9.17, 15) is 18.0 Å². The first-order valence-electron chi connectivity index (χ1n) is 5.01. The molecule has 0 saturated heterocycles. The number of hydrogen-bond donors (Lipinski definition) is 3. The fourth-order valence-corrected chi connectivity index (χ4v) is 1.80. The van der Waals surface area contributed by atoms with E-state index in [1.54, 1.807) is 0 Å². The van der Waals surface area contributed by atoms with Crippen molar-refractivity contribution in [1.29, 1.82) is 0 Å². The van der Waals surface area contributed by atoms with Crippen molar-refractivity contribution in [3.63, 3.8) is 0 Å². The van der Waals surface area contributed by atoms with Crippen LogP contribution in [0.2, 0.25) is 0 Å². The number of carbonyl (C=O) groups is 2. The molecule has 10 heteroatoms. The zero-order chi connectivity index (χ0) is 15.3. The first-order chi connectivity index (χ1) is 9.20. The highest BCUT2D eigenvalue weighted by atomic mass is 32.2. The molecule has 0 heterocycles. The van der Waals surface area contributed by atoms with Gasteiger partial charge in [0.25, 0.3) is 10.1 Å². The second kappa shape index (κ2) is 6.21. The van der Waals surface area contributed by atoms with Crippen LogP contribution >= 0.6 is 0 Å². The zero-order valence-electron chi connectivity index (χ0n) is 9.85. The second-order valence-corrected chi connectivity index (χ2v) is 4.84. The normalized spacial score (nSPS) is 10.8. The molecular formula is C10H10O9S. The molecule has 0 spiro atoms. The molecule has 0 atom stereocenters.